The molecule has 0 unspecified atom stereocenters. The highest BCUT2D eigenvalue weighted by Gasteiger charge is 2.32. The number of hydrogen-bond donors (Lipinski definition) is 0. The molecular weight excluding hydrogens is 335 g/mol. The van der Waals surface area contributed by atoms with Gasteiger partial charge in [0.2, 0.25) is 0 Å². The predicted molar refractivity (Wildman–Crippen MR) is 73.0 cm³/mol. The van der Waals surface area contributed by atoms with Crippen molar-refractivity contribution in [3.63, 3.8) is 0 Å². The summed E-state index contributed by atoms with van der Waals surface area (Å²) in [5.74, 6) is 0.173. The van der Waals surface area contributed by atoms with Gasteiger partial charge in [-0.2, -0.15) is 13.2 Å². The summed E-state index contributed by atoms with van der Waals surface area (Å²) < 4.78 is 43.1. The van der Waals surface area contributed by atoms with Crippen LogP contribution < -0.4 is 4.74 Å². The molecule has 0 aliphatic carbocycles. The lowest BCUT2D eigenvalue weighted by molar-refractivity contribution is -0.137. The van der Waals surface area contributed by atoms with Gasteiger partial charge in [-0.15, -0.1) is 0 Å². The molecule has 0 amide bonds. The molecule has 0 N–H and O–H groups in total. The van der Waals surface area contributed by atoms with Crippen LogP contribution in [0.2, 0.25) is 15.1 Å². The van der Waals surface area contributed by atoms with Gasteiger partial charge in [0.25, 0.3) is 0 Å². The first-order valence-electron chi connectivity index (χ1n) is 5.27. The fourth-order valence-corrected chi connectivity index (χ4v) is 2.20. The van der Waals surface area contributed by atoms with Gasteiger partial charge in [-0.05, 0) is 24.3 Å². The Morgan fingerprint density at radius 1 is 0.850 bits per heavy atom. The molecule has 0 saturated carbocycles. The summed E-state index contributed by atoms with van der Waals surface area (Å²) in [6, 6.07) is 7.97. The summed E-state index contributed by atoms with van der Waals surface area (Å²) >= 11 is 17.5. The van der Waals surface area contributed by atoms with Crippen LogP contribution in [0, 0.1) is 0 Å². The molecule has 0 heterocycles. The molecule has 2 aromatic rings. The highest BCUT2D eigenvalue weighted by molar-refractivity contribution is 6.37. The Hall–Kier alpha value is -1.10. The minimum Gasteiger partial charge on any atom is -0.453 e. The smallest absolute Gasteiger partial charge is 0.416 e. The molecular formula is C13H6Cl3F3O. The molecule has 7 heteroatoms. The van der Waals surface area contributed by atoms with E-state index in [0.717, 1.165) is 12.1 Å². The van der Waals surface area contributed by atoms with E-state index in [1.165, 1.54) is 0 Å². The highest BCUT2D eigenvalue weighted by atomic mass is 35.5. The van der Waals surface area contributed by atoms with Crippen LogP contribution in [-0.4, -0.2) is 0 Å². The molecule has 20 heavy (non-hydrogen) atoms. The lowest BCUT2D eigenvalue weighted by atomic mass is 10.2. The number of rotatable bonds is 2. The molecule has 0 radical (unpaired) electrons. The second-order valence-electron chi connectivity index (χ2n) is 3.80. The number of hydrogen-bond acceptors (Lipinski definition) is 1. The quantitative estimate of drug-likeness (QED) is 0.609. The minimum atomic E-state index is -4.53. The molecule has 0 saturated heterocycles. The minimum absolute atomic E-state index is 0.0746. The zero-order valence-electron chi connectivity index (χ0n) is 9.64. The molecule has 0 aliphatic heterocycles. The van der Waals surface area contributed by atoms with Crippen molar-refractivity contribution in [3.8, 4) is 11.5 Å². The number of halogens is 6. The molecule has 0 fully saturated rings. The van der Waals surface area contributed by atoms with E-state index in [4.69, 9.17) is 39.5 Å². The summed E-state index contributed by atoms with van der Waals surface area (Å²) in [6.45, 7) is 0. The maximum absolute atomic E-state index is 12.6. The van der Waals surface area contributed by atoms with Crippen LogP contribution in [0.15, 0.2) is 36.4 Å². The van der Waals surface area contributed by atoms with Crippen LogP contribution >= 0.6 is 34.8 Å². The van der Waals surface area contributed by atoms with E-state index >= 15 is 0 Å². The van der Waals surface area contributed by atoms with Crippen molar-refractivity contribution in [2.24, 2.45) is 0 Å². The van der Waals surface area contributed by atoms with E-state index in [-0.39, 0.29) is 21.5 Å². The van der Waals surface area contributed by atoms with Gasteiger partial charge in [0.1, 0.15) is 5.75 Å². The molecule has 2 aromatic carbocycles. The maximum atomic E-state index is 12.6. The lowest BCUT2D eigenvalue weighted by Gasteiger charge is -2.13. The SMILES string of the molecule is FC(F)(F)c1cc(Cl)c(Oc2ccccc2Cl)c(Cl)c1. The first-order valence-corrected chi connectivity index (χ1v) is 6.41. The van der Waals surface area contributed by atoms with E-state index < -0.39 is 11.7 Å². The van der Waals surface area contributed by atoms with Gasteiger partial charge < -0.3 is 4.74 Å². The van der Waals surface area contributed by atoms with Crippen molar-refractivity contribution in [2.45, 2.75) is 6.18 Å². The Bertz CT molecular complexity index is 618. The summed E-state index contributed by atoms with van der Waals surface area (Å²) in [4.78, 5) is 0. The van der Waals surface area contributed by atoms with Gasteiger partial charge in [-0.3, -0.25) is 0 Å². The highest BCUT2D eigenvalue weighted by Crippen LogP contribution is 2.42. The monoisotopic (exact) mass is 340 g/mol. The van der Waals surface area contributed by atoms with Crippen LogP contribution in [-0.2, 0) is 6.18 Å². The Morgan fingerprint density at radius 2 is 1.40 bits per heavy atom. The van der Waals surface area contributed by atoms with Crippen molar-refractivity contribution in [1.82, 2.24) is 0 Å². The Morgan fingerprint density at radius 3 is 1.90 bits per heavy atom. The van der Waals surface area contributed by atoms with Crippen molar-refractivity contribution in [1.29, 1.82) is 0 Å². The molecule has 0 bridgehead atoms. The van der Waals surface area contributed by atoms with Crippen molar-refractivity contribution < 1.29 is 17.9 Å². The maximum Gasteiger partial charge on any atom is 0.416 e. The predicted octanol–water partition coefficient (Wildman–Crippen LogP) is 6.46. The van der Waals surface area contributed by atoms with Gasteiger partial charge in [-0.25, -0.2) is 0 Å². The van der Waals surface area contributed by atoms with Crippen molar-refractivity contribution in [2.75, 3.05) is 0 Å². The molecule has 0 spiro atoms. The van der Waals surface area contributed by atoms with Crippen molar-refractivity contribution in [3.05, 3.63) is 57.0 Å². The largest absolute Gasteiger partial charge is 0.453 e. The normalized spacial score (nSPS) is 11.5. The lowest BCUT2D eigenvalue weighted by Crippen LogP contribution is -2.05. The van der Waals surface area contributed by atoms with Gasteiger partial charge >= 0.3 is 6.18 Å². The molecule has 0 aliphatic rings. The van der Waals surface area contributed by atoms with E-state index in [0.29, 0.717) is 5.02 Å². The third-order valence-corrected chi connectivity index (χ3v) is 3.25. The summed E-state index contributed by atoms with van der Waals surface area (Å²) in [5, 5.41) is -0.200. The summed E-state index contributed by atoms with van der Waals surface area (Å²) in [7, 11) is 0. The molecule has 106 valence electrons. The molecule has 0 aromatic heterocycles. The van der Waals surface area contributed by atoms with Gasteiger partial charge in [0.05, 0.1) is 20.6 Å². The number of alkyl halides is 3. The van der Waals surface area contributed by atoms with Crippen LogP contribution in [0.3, 0.4) is 0 Å². The van der Waals surface area contributed by atoms with Crippen LogP contribution in [0.1, 0.15) is 5.56 Å². The van der Waals surface area contributed by atoms with Gasteiger partial charge in [0.15, 0.2) is 5.75 Å². The third-order valence-electron chi connectivity index (χ3n) is 2.37. The average molecular weight is 342 g/mol. The van der Waals surface area contributed by atoms with Crippen LogP contribution in [0.25, 0.3) is 0 Å². The van der Waals surface area contributed by atoms with Crippen LogP contribution in [0.5, 0.6) is 11.5 Å². The number of ether oxygens (including phenoxy) is 1. The van der Waals surface area contributed by atoms with Crippen LogP contribution in [0.4, 0.5) is 13.2 Å². The first-order chi connectivity index (χ1) is 9.29. The fourth-order valence-electron chi connectivity index (χ4n) is 1.46. The number of para-hydroxylation sites is 1. The Balaban J connectivity index is 2.42. The fraction of sp³-hybridized carbons (Fsp3) is 0.0769. The Kier molecular flexibility index (Phi) is 4.37. The first kappa shape index (κ1) is 15.3. The van der Waals surface area contributed by atoms with E-state index in [1.807, 2.05) is 0 Å². The Labute approximate surface area is 127 Å². The zero-order valence-corrected chi connectivity index (χ0v) is 11.9. The standard InChI is InChI=1S/C13H6Cl3F3O/c14-8-3-1-2-4-11(8)20-12-9(15)5-7(6-10(12)16)13(17,18)19/h1-6H. The third kappa shape index (κ3) is 3.32. The molecule has 0 atom stereocenters. The topological polar surface area (TPSA) is 9.23 Å². The average Bonchev–Trinajstić information content (AvgIpc) is 2.34. The molecule has 2 rings (SSSR count). The number of benzene rings is 2. The second kappa shape index (κ2) is 5.72. The van der Waals surface area contributed by atoms with Crippen molar-refractivity contribution >= 4 is 34.8 Å². The van der Waals surface area contributed by atoms with E-state index in [9.17, 15) is 13.2 Å². The summed E-state index contributed by atoms with van der Waals surface area (Å²) in [6.07, 6.45) is -4.53. The van der Waals surface area contributed by atoms with Gasteiger partial charge in [0, 0.05) is 0 Å². The van der Waals surface area contributed by atoms with E-state index in [1.54, 1.807) is 24.3 Å². The summed E-state index contributed by atoms with van der Waals surface area (Å²) in [5.41, 5.74) is -0.945. The van der Waals surface area contributed by atoms with Gasteiger partial charge in [-0.1, -0.05) is 46.9 Å². The van der Waals surface area contributed by atoms with E-state index in [2.05, 4.69) is 0 Å². The second-order valence-corrected chi connectivity index (χ2v) is 5.02. The molecule has 1 nitrogen and oxygen atoms in total. The zero-order chi connectivity index (χ0) is 14.9.